The Balaban J connectivity index is 1.52. The summed E-state index contributed by atoms with van der Waals surface area (Å²) in [6.07, 6.45) is 0.875. The number of hydrogen-bond donors (Lipinski definition) is 2. The van der Waals surface area contributed by atoms with Crippen LogP contribution in [0.15, 0.2) is 24.3 Å². The standard InChI is InChI=1S/C16H17FN4O2S/c1-21-7-6-12-13(9-21)24-16(19-12)20-14(22)8-18-15(23)10-2-4-11(17)5-3-10/h2-5H,6-9H2,1H3,(H,18,23)(H,19,20,22). The SMILES string of the molecule is CN1CCc2nc(NC(=O)CNC(=O)c3ccc(F)cc3)sc2C1. The molecule has 0 spiro atoms. The van der Waals surface area contributed by atoms with Gasteiger partial charge in [-0.1, -0.05) is 0 Å². The average Bonchev–Trinajstić information content (AvgIpc) is 2.94. The fraction of sp³-hybridized carbons (Fsp3) is 0.312. The van der Waals surface area contributed by atoms with E-state index in [-0.39, 0.29) is 12.5 Å². The molecule has 2 aromatic rings. The highest BCUT2D eigenvalue weighted by Crippen LogP contribution is 2.27. The van der Waals surface area contributed by atoms with Gasteiger partial charge in [0.2, 0.25) is 5.91 Å². The number of amides is 2. The summed E-state index contributed by atoms with van der Waals surface area (Å²) in [4.78, 5) is 31.6. The van der Waals surface area contributed by atoms with E-state index in [0.717, 1.165) is 30.1 Å². The van der Waals surface area contributed by atoms with E-state index in [1.807, 2.05) is 7.05 Å². The fourth-order valence-corrected chi connectivity index (χ4v) is 3.51. The molecule has 8 heteroatoms. The first-order chi connectivity index (χ1) is 11.5. The first kappa shape index (κ1) is 16.5. The van der Waals surface area contributed by atoms with Crippen LogP contribution in [0.4, 0.5) is 9.52 Å². The summed E-state index contributed by atoms with van der Waals surface area (Å²) >= 11 is 1.46. The zero-order chi connectivity index (χ0) is 17.1. The van der Waals surface area contributed by atoms with Gasteiger partial charge in [-0.05, 0) is 31.3 Å². The molecule has 0 atom stereocenters. The van der Waals surface area contributed by atoms with Crippen LogP contribution in [0.25, 0.3) is 0 Å². The first-order valence-corrected chi connectivity index (χ1v) is 8.33. The van der Waals surface area contributed by atoms with Crippen molar-refractivity contribution in [3.63, 3.8) is 0 Å². The third-order valence-electron chi connectivity index (χ3n) is 3.68. The van der Waals surface area contributed by atoms with Crippen LogP contribution in [0.2, 0.25) is 0 Å². The Morgan fingerprint density at radius 3 is 2.83 bits per heavy atom. The molecule has 126 valence electrons. The zero-order valence-electron chi connectivity index (χ0n) is 13.1. The maximum atomic E-state index is 12.8. The van der Waals surface area contributed by atoms with Crippen molar-refractivity contribution in [2.24, 2.45) is 0 Å². The fourth-order valence-electron chi connectivity index (χ4n) is 2.40. The second-order valence-electron chi connectivity index (χ2n) is 5.61. The van der Waals surface area contributed by atoms with Crippen molar-refractivity contribution >= 4 is 28.3 Å². The van der Waals surface area contributed by atoms with Crippen molar-refractivity contribution in [3.8, 4) is 0 Å². The normalized spacial score (nSPS) is 14.1. The number of halogens is 1. The molecule has 0 aliphatic carbocycles. The van der Waals surface area contributed by atoms with Gasteiger partial charge < -0.3 is 15.5 Å². The number of anilines is 1. The van der Waals surface area contributed by atoms with Crippen LogP contribution in [0, 0.1) is 5.82 Å². The van der Waals surface area contributed by atoms with Gasteiger partial charge in [0.1, 0.15) is 5.82 Å². The van der Waals surface area contributed by atoms with Crippen LogP contribution in [-0.2, 0) is 17.8 Å². The molecule has 24 heavy (non-hydrogen) atoms. The maximum Gasteiger partial charge on any atom is 0.251 e. The number of nitrogens with zero attached hydrogens (tertiary/aromatic N) is 2. The molecule has 0 fully saturated rings. The number of rotatable bonds is 4. The predicted molar refractivity (Wildman–Crippen MR) is 89.5 cm³/mol. The third-order valence-corrected chi connectivity index (χ3v) is 4.68. The van der Waals surface area contributed by atoms with Crippen LogP contribution in [-0.4, -0.2) is 41.8 Å². The molecular formula is C16H17FN4O2S. The summed E-state index contributed by atoms with van der Waals surface area (Å²) in [5.74, 6) is -1.18. The number of thiazole rings is 1. The molecule has 0 radical (unpaired) electrons. The van der Waals surface area contributed by atoms with E-state index in [9.17, 15) is 14.0 Å². The number of hydrogen-bond acceptors (Lipinski definition) is 5. The quantitative estimate of drug-likeness (QED) is 0.881. The Morgan fingerprint density at radius 1 is 1.33 bits per heavy atom. The van der Waals surface area contributed by atoms with Gasteiger partial charge in [0.05, 0.1) is 12.2 Å². The number of likely N-dealkylation sites (N-methyl/N-ethyl adjacent to an activating group) is 1. The Labute approximate surface area is 142 Å². The van der Waals surface area contributed by atoms with E-state index in [1.54, 1.807) is 0 Å². The molecule has 3 rings (SSSR count). The largest absolute Gasteiger partial charge is 0.343 e. The van der Waals surface area contributed by atoms with Gasteiger partial charge in [-0.2, -0.15) is 0 Å². The molecule has 0 saturated carbocycles. The predicted octanol–water partition coefficient (Wildman–Crippen LogP) is 1.64. The average molecular weight is 348 g/mol. The molecular weight excluding hydrogens is 331 g/mol. The molecule has 0 unspecified atom stereocenters. The van der Waals surface area contributed by atoms with Gasteiger partial charge in [-0.15, -0.1) is 11.3 Å². The summed E-state index contributed by atoms with van der Waals surface area (Å²) in [5.41, 5.74) is 1.33. The van der Waals surface area contributed by atoms with Crippen LogP contribution in [0.1, 0.15) is 20.9 Å². The van der Waals surface area contributed by atoms with Gasteiger partial charge in [-0.25, -0.2) is 9.37 Å². The minimum Gasteiger partial charge on any atom is -0.343 e. The molecule has 1 aliphatic heterocycles. The van der Waals surface area contributed by atoms with E-state index in [2.05, 4.69) is 20.5 Å². The second kappa shape index (κ2) is 7.06. The number of carbonyl (C=O) groups excluding carboxylic acids is 2. The lowest BCUT2D eigenvalue weighted by molar-refractivity contribution is -0.115. The van der Waals surface area contributed by atoms with Crippen molar-refractivity contribution < 1.29 is 14.0 Å². The molecule has 0 bridgehead atoms. The number of fused-ring (bicyclic) bond motifs is 1. The van der Waals surface area contributed by atoms with Gasteiger partial charge >= 0.3 is 0 Å². The van der Waals surface area contributed by atoms with Crippen molar-refractivity contribution in [1.82, 2.24) is 15.2 Å². The topological polar surface area (TPSA) is 74.3 Å². The number of carbonyl (C=O) groups is 2. The zero-order valence-corrected chi connectivity index (χ0v) is 14.0. The van der Waals surface area contributed by atoms with Crippen LogP contribution in [0.5, 0.6) is 0 Å². The Hall–Kier alpha value is -2.32. The van der Waals surface area contributed by atoms with Gasteiger partial charge in [-0.3, -0.25) is 9.59 Å². The molecule has 0 saturated heterocycles. The lowest BCUT2D eigenvalue weighted by Crippen LogP contribution is -2.32. The lowest BCUT2D eigenvalue weighted by Gasteiger charge is -2.20. The number of nitrogens with one attached hydrogen (secondary N) is 2. The van der Waals surface area contributed by atoms with Crippen molar-refractivity contribution in [1.29, 1.82) is 0 Å². The molecule has 1 aromatic carbocycles. The number of benzene rings is 1. The van der Waals surface area contributed by atoms with Gasteiger partial charge in [0, 0.05) is 30.0 Å². The molecule has 2 N–H and O–H groups in total. The summed E-state index contributed by atoms with van der Waals surface area (Å²) in [6, 6.07) is 5.14. The van der Waals surface area contributed by atoms with Crippen molar-refractivity contribution in [2.75, 3.05) is 25.5 Å². The summed E-state index contributed by atoms with van der Waals surface area (Å²) in [5, 5.41) is 5.76. The van der Waals surface area contributed by atoms with E-state index < -0.39 is 11.7 Å². The highest BCUT2D eigenvalue weighted by molar-refractivity contribution is 7.15. The second-order valence-corrected chi connectivity index (χ2v) is 6.70. The van der Waals surface area contributed by atoms with Crippen molar-refractivity contribution in [3.05, 3.63) is 46.2 Å². The summed E-state index contributed by atoms with van der Waals surface area (Å²) in [7, 11) is 2.05. The van der Waals surface area contributed by atoms with Gasteiger partial charge in [0.15, 0.2) is 5.13 Å². The molecule has 1 aliphatic rings. The smallest absolute Gasteiger partial charge is 0.251 e. The Kier molecular flexibility index (Phi) is 4.86. The minimum atomic E-state index is -0.426. The van der Waals surface area contributed by atoms with Crippen LogP contribution < -0.4 is 10.6 Å². The first-order valence-electron chi connectivity index (χ1n) is 7.52. The van der Waals surface area contributed by atoms with Crippen LogP contribution in [0.3, 0.4) is 0 Å². The number of aromatic nitrogens is 1. The summed E-state index contributed by atoms with van der Waals surface area (Å²) in [6.45, 7) is 1.63. The van der Waals surface area contributed by atoms with E-state index in [1.165, 1.54) is 35.6 Å². The van der Waals surface area contributed by atoms with E-state index in [4.69, 9.17) is 0 Å². The maximum absolute atomic E-state index is 12.8. The molecule has 6 nitrogen and oxygen atoms in total. The third kappa shape index (κ3) is 3.95. The molecule has 2 heterocycles. The van der Waals surface area contributed by atoms with Crippen LogP contribution >= 0.6 is 11.3 Å². The monoisotopic (exact) mass is 348 g/mol. The van der Waals surface area contributed by atoms with Crippen molar-refractivity contribution in [2.45, 2.75) is 13.0 Å². The highest BCUT2D eigenvalue weighted by Gasteiger charge is 2.19. The molecule has 1 aromatic heterocycles. The lowest BCUT2D eigenvalue weighted by atomic mass is 10.2. The Morgan fingerprint density at radius 2 is 2.08 bits per heavy atom. The Bertz CT molecular complexity index is 760. The van der Waals surface area contributed by atoms with Gasteiger partial charge in [0.25, 0.3) is 5.91 Å². The van der Waals surface area contributed by atoms with E-state index in [0.29, 0.717) is 10.7 Å². The summed E-state index contributed by atoms with van der Waals surface area (Å²) < 4.78 is 12.8. The van der Waals surface area contributed by atoms with E-state index >= 15 is 0 Å². The minimum absolute atomic E-state index is 0.166. The highest BCUT2D eigenvalue weighted by atomic mass is 32.1. The molecule has 2 amide bonds.